The molecular formula is C16H20ClNO5. The van der Waals surface area contributed by atoms with Crippen LogP contribution in [0.4, 0.5) is 0 Å². The Balaban J connectivity index is 1.96. The number of nitrogens with zero attached hydrogens (tertiary/aromatic N) is 1. The average molecular weight is 342 g/mol. The number of esters is 1. The Morgan fingerprint density at radius 1 is 1.30 bits per heavy atom. The molecule has 0 unspecified atom stereocenters. The molecule has 1 fully saturated rings. The highest BCUT2D eigenvalue weighted by Crippen LogP contribution is 2.23. The van der Waals surface area contributed by atoms with Gasteiger partial charge in [0.05, 0.1) is 19.3 Å². The number of methoxy groups -OCH3 is 1. The van der Waals surface area contributed by atoms with Crippen molar-refractivity contribution in [2.75, 3.05) is 26.8 Å². The van der Waals surface area contributed by atoms with Crippen molar-refractivity contribution in [3.63, 3.8) is 0 Å². The third-order valence-corrected chi connectivity index (χ3v) is 3.72. The molecule has 1 aromatic rings. The van der Waals surface area contributed by atoms with Crippen molar-refractivity contribution in [2.24, 2.45) is 0 Å². The first-order chi connectivity index (χ1) is 10.9. The van der Waals surface area contributed by atoms with E-state index in [4.69, 9.17) is 25.8 Å². The Bertz CT molecular complexity index is 582. The summed E-state index contributed by atoms with van der Waals surface area (Å²) in [5, 5.41) is 0.389. The minimum absolute atomic E-state index is 0.0357. The molecule has 0 spiro atoms. The second kappa shape index (κ2) is 7.66. The van der Waals surface area contributed by atoms with Crippen LogP contribution in [0.15, 0.2) is 18.2 Å². The van der Waals surface area contributed by atoms with Crippen LogP contribution < -0.4 is 4.74 Å². The Morgan fingerprint density at radius 2 is 1.96 bits per heavy atom. The van der Waals surface area contributed by atoms with Crippen LogP contribution in [0.3, 0.4) is 0 Å². The molecule has 0 radical (unpaired) electrons. The van der Waals surface area contributed by atoms with Crippen LogP contribution in [-0.4, -0.2) is 55.8 Å². The van der Waals surface area contributed by atoms with E-state index in [1.54, 1.807) is 17.0 Å². The Hall–Kier alpha value is -1.79. The Labute approximate surface area is 140 Å². The zero-order chi connectivity index (χ0) is 17.0. The summed E-state index contributed by atoms with van der Waals surface area (Å²) in [6, 6.07) is 4.64. The molecule has 0 saturated carbocycles. The molecule has 126 valence electrons. The van der Waals surface area contributed by atoms with E-state index in [0.29, 0.717) is 23.9 Å². The van der Waals surface area contributed by atoms with E-state index in [2.05, 4.69) is 0 Å². The van der Waals surface area contributed by atoms with E-state index in [1.807, 2.05) is 13.8 Å². The number of carbonyl (C=O) groups is 2. The van der Waals surface area contributed by atoms with Crippen LogP contribution in [-0.2, 0) is 14.3 Å². The number of carbonyl (C=O) groups excluding carboxylic acids is 2. The van der Waals surface area contributed by atoms with E-state index in [0.717, 1.165) is 0 Å². The quantitative estimate of drug-likeness (QED) is 0.785. The predicted octanol–water partition coefficient (Wildman–Crippen LogP) is 2.14. The van der Waals surface area contributed by atoms with Gasteiger partial charge in [-0.1, -0.05) is 11.6 Å². The van der Waals surface area contributed by atoms with Crippen molar-refractivity contribution in [3.05, 3.63) is 28.8 Å². The lowest BCUT2D eigenvalue weighted by atomic mass is 10.2. The molecule has 1 aliphatic rings. The minimum atomic E-state index is -0.646. The van der Waals surface area contributed by atoms with Gasteiger partial charge in [-0.15, -0.1) is 0 Å². The maximum atomic E-state index is 12.2. The molecule has 23 heavy (non-hydrogen) atoms. The van der Waals surface area contributed by atoms with Crippen molar-refractivity contribution in [3.8, 4) is 5.75 Å². The smallest absolute Gasteiger partial charge is 0.342 e. The van der Waals surface area contributed by atoms with Gasteiger partial charge in [0.1, 0.15) is 11.3 Å². The standard InChI is InChI=1S/C16H20ClNO5/c1-10-7-18(8-11(2)23-10)15(19)9-22-16(20)13-6-12(17)4-5-14(13)21-3/h4-6,10-11H,7-9H2,1-3H3/t10-,11-/m1/s1. The van der Waals surface area contributed by atoms with Gasteiger partial charge in [-0.25, -0.2) is 4.79 Å². The average Bonchev–Trinajstić information content (AvgIpc) is 2.51. The van der Waals surface area contributed by atoms with E-state index >= 15 is 0 Å². The highest BCUT2D eigenvalue weighted by atomic mass is 35.5. The highest BCUT2D eigenvalue weighted by molar-refractivity contribution is 6.31. The monoisotopic (exact) mass is 341 g/mol. The van der Waals surface area contributed by atoms with E-state index in [1.165, 1.54) is 13.2 Å². The first-order valence-electron chi connectivity index (χ1n) is 7.34. The van der Waals surface area contributed by atoms with Gasteiger partial charge in [-0.05, 0) is 32.0 Å². The lowest BCUT2D eigenvalue weighted by molar-refractivity contribution is -0.146. The van der Waals surface area contributed by atoms with Crippen LogP contribution in [0, 0.1) is 0 Å². The first-order valence-corrected chi connectivity index (χ1v) is 7.72. The minimum Gasteiger partial charge on any atom is -0.496 e. The molecule has 0 aromatic heterocycles. The molecule has 2 rings (SSSR count). The number of benzene rings is 1. The molecular weight excluding hydrogens is 322 g/mol. The normalized spacial score (nSPS) is 21.0. The molecule has 1 saturated heterocycles. The summed E-state index contributed by atoms with van der Waals surface area (Å²) in [5.74, 6) is -0.547. The van der Waals surface area contributed by atoms with E-state index in [-0.39, 0.29) is 30.3 Å². The van der Waals surface area contributed by atoms with Crippen LogP contribution in [0.2, 0.25) is 5.02 Å². The largest absolute Gasteiger partial charge is 0.496 e. The summed E-state index contributed by atoms with van der Waals surface area (Å²) in [6.07, 6.45) is -0.0714. The summed E-state index contributed by atoms with van der Waals surface area (Å²) in [4.78, 5) is 26.0. The fraction of sp³-hybridized carbons (Fsp3) is 0.500. The topological polar surface area (TPSA) is 65.1 Å². The van der Waals surface area contributed by atoms with Gasteiger partial charge in [0, 0.05) is 18.1 Å². The molecule has 6 nitrogen and oxygen atoms in total. The third-order valence-electron chi connectivity index (χ3n) is 3.48. The summed E-state index contributed by atoms with van der Waals surface area (Å²) in [6.45, 7) is 4.45. The van der Waals surface area contributed by atoms with Crippen LogP contribution >= 0.6 is 11.6 Å². The van der Waals surface area contributed by atoms with Crippen molar-refractivity contribution in [1.29, 1.82) is 0 Å². The van der Waals surface area contributed by atoms with Gasteiger partial charge in [-0.3, -0.25) is 4.79 Å². The number of halogens is 1. The summed E-state index contributed by atoms with van der Waals surface area (Å²) in [5.41, 5.74) is 0.191. The van der Waals surface area contributed by atoms with Crippen molar-refractivity contribution in [2.45, 2.75) is 26.1 Å². The number of amides is 1. The number of morpholine rings is 1. The molecule has 0 bridgehead atoms. The summed E-state index contributed by atoms with van der Waals surface area (Å²) < 4.78 is 15.8. The molecule has 2 atom stereocenters. The Kier molecular flexibility index (Phi) is 5.85. The van der Waals surface area contributed by atoms with E-state index in [9.17, 15) is 9.59 Å². The molecule has 1 aliphatic heterocycles. The number of hydrogen-bond donors (Lipinski definition) is 0. The van der Waals surface area contributed by atoms with Gasteiger partial charge in [0.25, 0.3) is 5.91 Å². The zero-order valence-corrected chi connectivity index (χ0v) is 14.1. The SMILES string of the molecule is COc1ccc(Cl)cc1C(=O)OCC(=O)N1C[C@@H](C)O[C@H](C)C1. The molecule has 0 N–H and O–H groups in total. The van der Waals surface area contributed by atoms with E-state index < -0.39 is 5.97 Å². The van der Waals surface area contributed by atoms with Gasteiger partial charge < -0.3 is 19.1 Å². The molecule has 7 heteroatoms. The van der Waals surface area contributed by atoms with Gasteiger partial charge in [0.2, 0.25) is 0 Å². The third kappa shape index (κ3) is 4.59. The maximum Gasteiger partial charge on any atom is 0.342 e. The molecule has 1 heterocycles. The van der Waals surface area contributed by atoms with Crippen molar-refractivity contribution in [1.82, 2.24) is 4.90 Å². The maximum absolute atomic E-state index is 12.2. The molecule has 1 amide bonds. The molecule has 0 aliphatic carbocycles. The second-order valence-corrected chi connectivity index (χ2v) is 5.91. The van der Waals surface area contributed by atoms with Crippen LogP contribution in [0.1, 0.15) is 24.2 Å². The second-order valence-electron chi connectivity index (χ2n) is 5.48. The summed E-state index contributed by atoms with van der Waals surface area (Å²) in [7, 11) is 1.45. The predicted molar refractivity (Wildman–Crippen MR) is 84.9 cm³/mol. The lowest BCUT2D eigenvalue weighted by Gasteiger charge is -2.35. The van der Waals surface area contributed by atoms with Gasteiger partial charge >= 0.3 is 5.97 Å². The van der Waals surface area contributed by atoms with Crippen molar-refractivity contribution < 1.29 is 23.8 Å². The lowest BCUT2D eigenvalue weighted by Crippen LogP contribution is -2.49. The fourth-order valence-corrected chi connectivity index (χ4v) is 2.69. The highest BCUT2D eigenvalue weighted by Gasteiger charge is 2.26. The number of ether oxygens (including phenoxy) is 3. The number of hydrogen-bond acceptors (Lipinski definition) is 5. The van der Waals surface area contributed by atoms with Gasteiger partial charge in [0.15, 0.2) is 6.61 Å². The first kappa shape index (κ1) is 17.6. The number of rotatable bonds is 4. The van der Waals surface area contributed by atoms with Crippen LogP contribution in [0.25, 0.3) is 0 Å². The Morgan fingerprint density at radius 3 is 2.57 bits per heavy atom. The zero-order valence-electron chi connectivity index (χ0n) is 13.4. The van der Waals surface area contributed by atoms with Gasteiger partial charge in [-0.2, -0.15) is 0 Å². The van der Waals surface area contributed by atoms with Crippen LogP contribution in [0.5, 0.6) is 5.75 Å². The fourth-order valence-electron chi connectivity index (χ4n) is 2.52. The summed E-state index contributed by atoms with van der Waals surface area (Å²) >= 11 is 5.88. The molecule has 1 aromatic carbocycles. The van der Waals surface area contributed by atoms with Crippen molar-refractivity contribution >= 4 is 23.5 Å².